The highest BCUT2D eigenvalue weighted by Gasteiger charge is 2.15. The Balaban J connectivity index is 2.76. The Kier molecular flexibility index (Phi) is 6.96. The van der Waals surface area contributed by atoms with E-state index in [-0.39, 0.29) is 0 Å². The van der Waals surface area contributed by atoms with Crippen LogP contribution in [0.4, 0.5) is 0 Å². The molecule has 1 N–H and O–H groups in total. The fourth-order valence-corrected chi connectivity index (χ4v) is 2.38. The lowest BCUT2D eigenvalue weighted by Gasteiger charge is -2.23. The van der Waals surface area contributed by atoms with Crippen molar-refractivity contribution < 1.29 is 0 Å². The Bertz CT molecular complexity index is 332. The van der Waals surface area contributed by atoms with Crippen LogP contribution >= 0.6 is 0 Å². The zero-order valence-electron chi connectivity index (χ0n) is 12.4. The zero-order valence-corrected chi connectivity index (χ0v) is 12.4. The largest absolute Gasteiger partial charge is 0.310 e. The molecule has 1 rings (SSSR count). The summed E-state index contributed by atoms with van der Waals surface area (Å²) < 4.78 is 0. The minimum absolute atomic E-state index is 0.460. The van der Waals surface area contributed by atoms with Crippen LogP contribution < -0.4 is 5.32 Å². The fraction of sp³-hybridized carbons (Fsp3) is 0.688. The SMILES string of the molecule is CCCNC(CC(CC)CC)c1cncc(C)c1. The molecule has 0 aliphatic heterocycles. The van der Waals surface area contributed by atoms with Gasteiger partial charge in [0.1, 0.15) is 0 Å². The monoisotopic (exact) mass is 248 g/mol. The van der Waals surface area contributed by atoms with Gasteiger partial charge < -0.3 is 5.32 Å². The summed E-state index contributed by atoms with van der Waals surface area (Å²) in [5.41, 5.74) is 2.59. The number of hydrogen-bond donors (Lipinski definition) is 1. The lowest BCUT2D eigenvalue weighted by molar-refractivity contribution is 0.371. The average molecular weight is 248 g/mol. The number of nitrogens with one attached hydrogen (secondary N) is 1. The number of nitrogens with zero attached hydrogens (tertiary/aromatic N) is 1. The quantitative estimate of drug-likeness (QED) is 0.743. The third kappa shape index (κ3) is 4.77. The summed E-state index contributed by atoms with van der Waals surface area (Å²) in [4.78, 5) is 4.33. The first-order valence-electron chi connectivity index (χ1n) is 7.36. The van der Waals surface area contributed by atoms with Gasteiger partial charge in [-0.1, -0.05) is 39.7 Å². The van der Waals surface area contributed by atoms with Crippen LogP contribution in [0, 0.1) is 12.8 Å². The van der Waals surface area contributed by atoms with Gasteiger partial charge in [0.2, 0.25) is 0 Å². The number of rotatable bonds is 8. The summed E-state index contributed by atoms with van der Waals surface area (Å²) in [5.74, 6) is 0.805. The molecule has 1 aromatic heterocycles. The number of hydrogen-bond acceptors (Lipinski definition) is 2. The van der Waals surface area contributed by atoms with E-state index in [0.29, 0.717) is 6.04 Å². The van der Waals surface area contributed by atoms with Crippen LogP contribution in [0.1, 0.15) is 63.6 Å². The lowest BCUT2D eigenvalue weighted by atomic mass is 9.91. The lowest BCUT2D eigenvalue weighted by Crippen LogP contribution is -2.24. The molecule has 2 heteroatoms. The Morgan fingerprint density at radius 1 is 1.17 bits per heavy atom. The third-order valence-corrected chi connectivity index (χ3v) is 3.66. The normalized spacial score (nSPS) is 12.9. The van der Waals surface area contributed by atoms with Gasteiger partial charge in [0.15, 0.2) is 0 Å². The second-order valence-corrected chi connectivity index (χ2v) is 5.22. The maximum atomic E-state index is 4.33. The van der Waals surface area contributed by atoms with Crippen molar-refractivity contribution in [1.29, 1.82) is 0 Å². The molecule has 0 radical (unpaired) electrons. The van der Waals surface area contributed by atoms with Crippen LogP contribution in [-0.4, -0.2) is 11.5 Å². The minimum atomic E-state index is 0.460. The van der Waals surface area contributed by atoms with Gasteiger partial charge in [-0.25, -0.2) is 0 Å². The van der Waals surface area contributed by atoms with Crippen molar-refractivity contribution in [2.24, 2.45) is 5.92 Å². The van der Waals surface area contributed by atoms with E-state index in [4.69, 9.17) is 0 Å². The molecule has 0 spiro atoms. The summed E-state index contributed by atoms with van der Waals surface area (Å²) in [5, 5.41) is 3.67. The molecule has 0 aliphatic rings. The van der Waals surface area contributed by atoms with Crippen molar-refractivity contribution >= 4 is 0 Å². The topological polar surface area (TPSA) is 24.9 Å². The predicted molar refractivity (Wildman–Crippen MR) is 78.7 cm³/mol. The molecule has 102 valence electrons. The predicted octanol–water partition coefficient (Wildman–Crippen LogP) is 4.26. The molecule has 1 heterocycles. The van der Waals surface area contributed by atoms with Gasteiger partial charge in [-0.15, -0.1) is 0 Å². The minimum Gasteiger partial charge on any atom is -0.310 e. The molecular formula is C16H28N2. The van der Waals surface area contributed by atoms with E-state index < -0.39 is 0 Å². The maximum absolute atomic E-state index is 4.33. The molecule has 1 aromatic rings. The van der Waals surface area contributed by atoms with E-state index in [2.05, 4.69) is 44.1 Å². The van der Waals surface area contributed by atoms with Gasteiger partial charge in [-0.3, -0.25) is 4.98 Å². The van der Waals surface area contributed by atoms with Crippen LogP contribution in [0.15, 0.2) is 18.5 Å². The second kappa shape index (κ2) is 8.25. The van der Waals surface area contributed by atoms with Gasteiger partial charge in [0, 0.05) is 18.4 Å². The molecular weight excluding hydrogens is 220 g/mol. The molecule has 1 unspecified atom stereocenters. The van der Waals surface area contributed by atoms with E-state index in [9.17, 15) is 0 Å². The summed E-state index contributed by atoms with van der Waals surface area (Å²) in [7, 11) is 0. The number of pyridine rings is 1. The van der Waals surface area contributed by atoms with E-state index in [0.717, 1.165) is 12.5 Å². The van der Waals surface area contributed by atoms with E-state index in [1.54, 1.807) is 0 Å². The molecule has 18 heavy (non-hydrogen) atoms. The molecule has 2 nitrogen and oxygen atoms in total. The molecule has 1 atom stereocenters. The average Bonchev–Trinajstić information content (AvgIpc) is 2.39. The van der Waals surface area contributed by atoms with Gasteiger partial charge >= 0.3 is 0 Å². The summed E-state index contributed by atoms with van der Waals surface area (Å²) in [6.45, 7) is 10.00. The van der Waals surface area contributed by atoms with Crippen LogP contribution in [0.25, 0.3) is 0 Å². The van der Waals surface area contributed by atoms with E-state index in [1.165, 1.54) is 36.8 Å². The Morgan fingerprint density at radius 3 is 2.44 bits per heavy atom. The van der Waals surface area contributed by atoms with Crippen LogP contribution in [0.5, 0.6) is 0 Å². The molecule has 0 amide bonds. The molecule has 0 aromatic carbocycles. The number of aromatic nitrogens is 1. The molecule has 0 aliphatic carbocycles. The zero-order chi connectivity index (χ0) is 13.4. The highest BCUT2D eigenvalue weighted by molar-refractivity contribution is 5.20. The maximum Gasteiger partial charge on any atom is 0.0338 e. The van der Waals surface area contributed by atoms with Crippen molar-refractivity contribution in [1.82, 2.24) is 10.3 Å². The first kappa shape index (κ1) is 15.2. The first-order chi connectivity index (χ1) is 8.71. The molecule has 0 bridgehead atoms. The summed E-state index contributed by atoms with van der Waals surface area (Å²) in [6, 6.07) is 2.73. The molecule has 0 saturated carbocycles. The Labute approximate surface area is 112 Å². The molecule has 0 saturated heterocycles. The highest BCUT2D eigenvalue weighted by atomic mass is 14.9. The van der Waals surface area contributed by atoms with Crippen LogP contribution in [0.3, 0.4) is 0 Å². The van der Waals surface area contributed by atoms with E-state index >= 15 is 0 Å². The fourth-order valence-electron chi connectivity index (χ4n) is 2.38. The van der Waals surface area contributed by atoms with E-state index in [1.807, 2.05) is 12.4 Å². The smallest absolute Gasteiger partial charge is 0.0338 e. The number of aryl methyl sites for hydroxylation is 1. The summed E-state index contributed by atoms with van der Waals surface area (Å²) in [6.07, 6.45) is 8.87. The second-order valence-electron chi connectivity index (χ2n) is 5.22. The van der Waals surface area contributed by atoms with Crippen molar-refractivity contribution in [2.75, 3.05) is 6.54 Å². The third-order valence-electron chi connectivity index (χ3n) is 3.66. The highest BCUT2D eigenvalue weighted by Crippen LogP contribution is 2.25. The van der Waals surface area contributed by atoms with Gasteiger partial charge in [-0.05, 0) is 43.4 Å². The van der Waals surface area contributed by atoms with Gasteiger partial charge in [0.05, 0.1) is 0 Å². The summed E-state index contributed by atoms with van der Waals surface area (Å²) >= 11 is 0. The van der Waals surface area contributed by atoms with Gasteiger partial charge in [-0.2, -0.15) is 0 Å². The standard InChI is InChI=1S/C16H28N2/c1-5-8-18-16(10-14(6-2)7-3)15-9-13(4)11-17-12-15/h9,11-12,14,16,18H,5-8,10H2,1-4H3. The Hall–Kier alpha value is -0.890. The Morgan fingerprint density at radius 2 is 1.89 bits per heavy atom. The van der Waals surface area contributed by atoms with Crippen LogP contribution in [0.2, 0.25) is 0 Å². The first-order valence-corrected chi connectivity index (χ1v) is 7.36. The van der Waals surface area contributed by atoms with Crippen molar-refractivity contribution in [3.05, 3.63) is 29.6 Å². The van der Waals surface area contributed by atoms with Crippen molar-refractivity contribution in [2.45, 2.75) is 59.4 Å². The van der Waals surface area contributed by atoms with Crippen molar-refractivity contribution in [3.63, 3.8) is 0 Å². The van der Waals surface area contributed by atoms with Gasteiger partial charge in [0.25, 0.3) is 0 Å². The van der Waals surface area contributed by atoms with Crippen LogP contribution in [-0.2, 0) is 0 Å². The molecule has 0 fully saturated rings. The van der Waals surface area contributed by atoms with Crippen molar-refractivity contribution in [3.8, 4) is 0 Å².